The number of hydrogen-bond donors (Lipinski definition) is 2. The third kappa shape index (κ3) is 3.15. The maximum atomic E-state index is 13.3. The number of nitrogens with two attached hydrogens (primary N) is 1. The number of hydrogen-bond acceptors (Lipinski definition) is 4. The van der Waals surface area contributed by atoms with Crippen LogP contribution in [0.3, 0.4) is 0 Å². The highest BCUT2D eigenvalue weighted by atomic mass is 35.5. The van der Waals surface area contributed by atoms with Crippen molar-refractivity contribution >= 4 is 28.7 Å². The highest BCUT2D eigenvalue weighted by Gasteiger charge is 2.10. The first-order chi connectivity index (χ1) is 10.6. The number of halogens is 2. The van der Waals surface area contributed by atoms with Gasteiger partial charge in [-0.2, -0.15) is 0 Å². The lowest BCUT2D eigenvalue weighted by Crippen LogP contribution is -1.98. The van der Waals surface area contributed by atoms with Gasteiger partial charge in [-0.1, -0.05) is 18.2 Å². The summed E-state index contributed by atoms with van der Waals surface area (Å²) in [6.45, 7) is 0. The van der Waals surface area contributed by atoms with Gasteiger partial charge in [-0.25, -0.2) is 14.4 Å². The number of rotatable bonds is 3. The summed E-state index contributed by atoms with van der Waals surface area (Å²) in [6.07, 6.45) is 1.55. The quantitative estimate of drug-likeness (QED) is 0.560. The van der Waals surface area contributed by atoms with Crippen LogP contribution in [0, 0.1) is 5.82 Å². The zero-order chi connectivity index (χ0) is 15.5. The Morgan fingerprint density at radius 2 is 1.91 bits per heavy atom. The second-order valence-electron chi connectivity index (χ2n) is 4.66. The van der Waals surface area contributed by atoms with Gasteiger partial charge in [-0.05, 0) is 41.9 Å². The molecule has 6 heteroatoms. The molecule has 0 spiro atoms. The third-order valence-electron chi connectivity index (χ3n) is 3.02. The number of aromatic nitrogens is 2. The van der Waals surface area contributed by atoms with Gasteiger partial charge < -0.3 is 11.1 Å². The SMILES string of the molecule is Nc1cccc(-c2nc(Cl)ncc2Nc2cccc(F)c2)c1. The number of nitrogen functional groups attached to an aromatic ring is 1. The van der Waals surface area contributed by atoms with Crippen molar-refractivity contribution in [1.82, 2.24) is 9.97 Å². The third-order valence-corrected chi connectivity index (χ3v) is 3.21. The summed E-state index contributed by atoms with van der Waals surface area (Å²) in [4.78, 5) is 8.22. The van der Waals surface area contributed by atoms with Crippen LogP contribution in [0.4, 0.5) is 21.5 Å². The van der Waals surface area contributed by atoms with Gasteiger partial charge in [0.15, 0.2) is 0 Å². The van der Waals surface area contributed by atoms with E-state index in [9.17, 15) is 4.39 Å². The molecule has 3 aromatic rings. The van der Waals surface area contributed by atoms with Crippen molar-refractivity contribution in [1.29, 1.82) is 0 Å². The molecule has 1 aromatic heterocycles. The summed E-state index contributed by atoms with van der Waals surface area (Å²) in [5.74, 6) is -0.328. The number of nitrogens with one attached hydrogen (secondary N) is 1. The minimum Gasteiger partial charge on any atom is -0.399 e. The molecule has 0 aliphatic rings. The van der Waals surface area contributed by atoms with E-state index >= 15 is 0 Å². The number of nitrogens with zero attached hydrogens (tertiary/aromatic N) is 2. The van der Waals surface area contributed by atoms with Gasteiger partial charge in [-0.15, -0.1) is 0 Å². The van der Waals surface area contributed by atoms with Crippen molar-refractivity contribution in [3.8, 4) is 11.3 Å². The predicted molar refractivity (Wildman–Crippen MR) is 86.6 cm³/mol. The molecule has 110 valence electrons. The van der Waals surface area contributed by atoms with Crippen LogP contribution in [0.5, 0.6) is 0 Å². The first-order valence-electron chi connectivity index (χ1n) is 6.53. The number of anilines is 3. The monoisotopic (exact) mass is 314 g/mol. The Morgan fingerprint density at radius 3 is 2.68 bits per heavy atom. The van der Waals surface area contributed by atoms with E-state index in [1.807, 2.05) is 12.1 Å². The van der Waals surface area contributed by atoms with Crippen molar-refractivity contribution in [2.24, 2.45) is 0 Å². The standard InChI is InChI=1S/C16H12ClFN4/c17-16-20-9-14(21-13-6-2-4-11(18)8-13)15(22-16)10-3-1-5-12(19)7-10/h1-9,21H,19H2. The van der Waals surface area contributed by atoms with Crippen molar-refractivity contribution in [2.45, 2.75) is 0 Å². The lowest BCUT2D eigenvalue weighted by Gasteiger charge is -2.11. The van der Waals surface area contributed by atoms with Crippen LogP contribution in [-0.4, -0.2) is 9.97 Å². The first kappa shape index (κ1) is 14.3. The average molecular weight is 315 g/mol. The molecule has 4 nitrogen and oxygen atoms in total. The highest BCUT2D eigenvalue weighted by Crippen LogP contribution is 2.30. The fraction of sp³-hybridized carbons (Fsp3) is 0. The smallest absolute Gasteiger partial charge is 0.223 e. The van der Waals surface area contributed by atoms with Crippen LogP contribution in [0.1, 0.15) is 0 Å². The second-order valence-corrected chi connectivity index (χ2v) is 5.00. The van der Waals surface area contributed by atoms with Gasteiger partial charge in [0.25, 0.3) is 0 Å². The Labute approximate surface area is 131 Å². The van der Waals surface area contributed by atoms with Crippen LogP contribution in [0.2, 0.25) is 5.28 Å². The molecule has 22 heavy (non-hydrogen) atoms. The van der Waals surface area contributed by atoms with Gasteiger partial charge in [-0.3, -0.25) is 0 Å². The Balaban J connectivity index is 2.05. The Kier molecular flexibility index (Phi) is 3.89. The van der Waals surface area contributed by atoms with Crippen LogP contribution >= 0.6 is 11.6 Å². The summed E-state index contributed by atoms with van der Waals surface area (Å²) in [5.41, 5.74) is 9.02. The normalized spacial score (nSPS) is 10.5. The van der Waals surface area contributed by atoms with Crippen molar-refractivity contribution in [3.63, 3.8) is 0 Å². The maximum absolute atomic E-state index is 13.3. The van der Waals surface area contributed by atoms with Gasteiger partial charge >= 0.3 is 0 Å². The molecule has 3 N–H and O–H groups in total. The molecule has 0 saturated heterocycles. The lowest BCUT2D eigenvalue weighted by atomic mass is 10.1. The van der Waals surface area contributed by atoms with Crippen LogP contribution in [0.25, 0.3) is 11.3 Å². The highest BCUT2D eigenvalue weighted by molar-refractivity contribution is 6.28. The summed E-state index contributed by atoms with van der Waals surface area (Å²) < 4.78 is 13.3. The molecule has 3 rings (SSSR count). The Morgan fingerprint density at radius 1 is 1.09 bits per heavy atom. The second kappa shape index (κ2) is 5.99. The van der Waals surface area contributed by atoms with Gasteiger partial charge in [0, 0.05) is 16.9 Å². The van der Waals surface area contributed by atoms with Crippen LogP contribution in [-0.2, 0) is 0 Å². The van der Waals surface area contributed by atoms with Crippen LogP contribution < -0.4 is 11.1 Å². The summed E-state index contributed by atoms with van der Waals surface area (Å²) in [5, 5.41) is 3.22. The molecular weight excluding hydrogens is 303 g/mol. The van der Waals surface area contributed by atoms with E-state index in [4.69, 9.17) is 17.3 Å². The van der Waals surface area contributed by atoms with Gasteiger partial charge in [0.1, 0.15) is 5.82 Å². The molecule has 0 fully saturated rings. The molecule has 0 aliphatic heterocycles. The molecule has 0 unspecified atom stereocenters. The molecule has 2 aromatic carbocycles. The fourth-order valence-electron chi connectivity index (χ4n) is 2.08. The van der Waals surface area contributed by atoms with Crippen molar-refractivity contribution < 1.29 is 4.39 Å². The van der Waals surface area contributed by atoms with Gasteiger partial charge in [0.05, 0.1) is 17.6 Å². The van der Waals surface area contributed by atoms with Crippen molar-refractivity contribution in [2.75, 3.05) is 11.1 Å². The van der Waals surface area contributed by atoms with E-state index in [-0.39, 0.29) is 11.1 Å². The van der Waals surface area contributed by atoms with Gasteiger partial charge in [0.2, 0.25) is 5.28 Å². The Bertz CT molecular complexity index is 823. The molecule has 0 aliphatic carbocycles. The summed E-state index contributed by atoms with van der Waals surface area (Å²) in [6, 6.07) is 13.4. The first-order valence-corrected chi connectivity index (χ1v) is 6.91. The minimum atomic E-state index is -0.328. The molecule has 0 atom stereocenters. The van der Waals surface area contributed by atoms with Crippen LogP contribution in [0.15, 0.2) is 54.7 Å². The zero-order valence-corrected chi connectivity index (χ0v) is 12.2. The van der Waals surface area contributed by atoms with E-state index in [0.29, 0.717) is 22.8 Å². The molecule has 0 bridgehead atoms. The molecule has 0 radical (unpaired) electrons. The Hall–Kier alpha value is -2.66. The molecule has 0 amide bonds. The summed E-state index contributed by atoms with van der Waals surface area (Å²) >= 11 is 5.89. The molecule has 1 heterocycles. The van der Waals surface area contributed by atoms with E-state index in [1.54, 1.807) is 30.5 Å². The largest absolute Gasteiger partial charge is 0.399 e. The molecule has 0 saturated carbocycles. The summed E-state index contributed by atoms with van der Waals surface area (Å²) in [7, 11) is 0. The topological polar surface area (TPSA) is 63.8 Å². The van der Waals surface area contributed by atoms with E-state index in [0.717, 1.165) is 5.56 Å². The van der Waals surface area contributed by atoms with E-state index in [2.05, 4.69) is 15.3 Å². The average Bonchev–Trinajstić information content (AvgIpc) is 2.49. The maximum Gasteiger partial charge on any atom is 0.223 e. The molecular formula is C16H12ClFN4. The predicted octanol–water partition coefficient (Wildman–Crippen LogP) is 4.26. The van der Waals surface area contributed by atoms with Crippen molar-refractivity contribution in [3.05, 3.63) is 65.8 Å². The lowest BCUT2D eigenvalue weighted by molar-refractivity contribution is 0.628. The fourth-order valence-corrected chi connectivity index (χ4v) is 2.21. The van der Waals surface area contributed by atoms with E-state index < -0.39 is 0 Å². The number of benzene rings is 2. The minimum absolute atomic E-state index is 0.127. The zero-order valence-electron chi connectivity index (χ0n) is 11.4. The van der Waals surface area contributed by atoms with E-state index in [1.165, 1.54) is 12.1 Å².